The molecule has 11 heteroatoms. The van der Waals surface area contributed by atoms with Crippen LogP contribution >= 0.6 is 0 Å². The van der Waals surface area contributed by atoms with Gasteiger partial charge in [-0.3, -0.25) is 14.9 Å². The normalized spacial score (nSPS) is 14.0. The van der Waals surface area contributed by atoms with Crippen LogP contribution in [0.1, 0.15) is 16.8 Å². The Hall–Kier alpha value is -5.06. The van der Waals surface area contributed by atoms with E-state index < -0.39 is 4.92 Å². The molecule has 39 heavy (non-hydrogen) atoms. The van der Waals surface area contributed by atoms with E-state index in [1.807, 2.05) is 29.2 Å². The molecule has 0 N–H and O–H groups in total. The predicted octanol–water partition coefficient (Wildman–Crippen LogP) is 4.21. The molecule has 0 saturated carbocycles. The minimum absolute atomic E-state index is 0.0407. The first kappa shape index (κ1) is 24.3. The number of anilines is 1. The van der Waals surface area contributed by atoms with Crippen LogP contribution in [-0.2, 0) is 0 Å². The molecule has 0 spiro atoms. The lowest BCUT2D eigenvalue weighted by atomic mass is 10.1. The first-order valence-corrected chi connectivity index (χ1v) is 12.6. The molecule has 1 aliphatic heterocycles. The van der Waals surface area contributed by atoms with Crippen molar-refractivity contribution in [1.82, 2.24) is 24.5 Å². The fourth-order valence-corrected chi connectivity index (χ4v) is 5.01. The second-order valence-electron chi connectivity index (χ2n) is 9.25. The molecule has 0 atom stereocenters. The SMILES string of the molecule is COc1ccc(C(=O)N2CCCN(c3nc4ccccc4c4nnc(-c5ccccc5[N+](=O)[O-])n34)CC2)cc1. The van der Waals surface area contributed by atoms with Crippen LogP contribution in [0.15, 0.2) is 72.8 Å². The second kappa shape index (κ2) is 10.0. The molecule has 1 saturated heterocycles. The Balaban J connectivity index is 1.40. The minimum atomic E-state index is -0.418. The summed E-state index contributed by atoms with van der Waals surface area (Å²) in [5.74, 6) is 1.59. The van der Waals surface area contributed by atoms with Crippen molar-refractivity contribution in [3.8, 4) is 17.1 Å². The summed E-state index contributed by atoms with van der Waals surface area (Å²) in [5.41, 5.74) is 2.22. The van der Waals surface area contributed by atoms with Crippen LogP contribution in [0.5, 0.6) is 5.75 Å². The average Bonchev–Trinajstić information content (AvgIpc) is 3.28. The van der Waals surface area contributed by atoms with Gasteiger partial charge < -0.3 is 14.5 Å². The molecule has 0 radical (unpaired) electrons. The summed E-state index contributed by atoms with van der Waals surface area (Å²) in [4.78, 5) is 33.6. The largest absolute Gasteiger partial charge is 0.497 e. The molecule has 0 bridgehead atoms. The van der Waals surface area contributed by atoms with Gasteiger partial charge in [-0.25, -0.2) is 9.38 Å². The third kappa shape index (κ3) is 4.37. The quantitative estimate of drug-likeness (QED) is 0.248. The van der Waals surface area contributed by atoms with Crippen LogP contribution < -0.4 is 9.64 Å². The van der Waals surface area contributed by atoms with Crippen LogP contribution in [-0.4, -0.2) is 68.6 Å². The van der Waals surface area contributed by atoms with Gasteiger partial charge in [0.25, 0.3) is 11.6 Å². The molecule has 11 nitrogen and oxygen atoms in total. The highest BCUT2D eigenvalue weighted by Gasteiger charge is 2.27. The van der Waals surface area contributed by atoms with Crippen molar-refractivity contribution >= 4 is 34.1 Å². The number of rotatable bonds is 5. The number of carbonyl (C=O) groups excluding carboxylic acids is 1. The highest BCUT2D eigenvalue weighted by molar-refractivity contribution is 5.95. The number of para-hydroxylation sites is 2. The molecule has 5 aromatic rings. The fraction of sp³-hybridized carbons (Fsp3) is 0.214. The van der Waals surface area contributed by atoms with Crippen molar-refractivity contribution in [2.75, 3.05) is 38.2 Å². The minimum Gasteiger partial charge on any atom is -0.497 e. The van der Waals surface area contributed by atoms with Gasteiger partial charge in [0.2, 0.25) is 5.95 Å². The van der Waals surface area contributed by atoms with Gasteiger partial charge in [0.05, 0.1) is 23.1 Å². The van der Waals surface area contributed by atoms with E-state index in [2.05, 4.69) is 15.1 Å². The number of methoxy groups -OCH3 is 1. The van der Waals surface area contributed by atoms with Gasteiger partial charge in [-0.05, 0) is 48.9 Å². The van der Waals surface area contributed by atoms with Gasteiger partial charge in [0.1, 0.15) is 5.75 Å². The number of carbonyl (C=O) groups is 1. The van der Waals surface area contributed by atoms with Crippen LogP contribution in [0.3, 0.4) is 0 Å². The molecule has 6 rings (SSSR count). The molecule has 3 heterocycles. The summed E-state index contributed by atoms with van der Waals surface area (Å²) in [6, 6.07) is 21.2. The first-order valence-electron chi connectivity index (χ1n) is 12.6. The molecule has 0 aliphatic carbocycles. The number of hydrogen-bond donors (Lipinski definition) is 0. The lowest BCUT2D eigenvalue weighted by Gasteiger charge is -2.24. The molecular weight excluding hydrogens is 498 g/mol. The highest BCUT2D eigenvalue weighted by Crippen LogP contribution is 2.33. The first-order chi connectivity index (χ1) is 19.0. The number of hydrogen-bond acceptors (Lipinski definition) is 8. The van der Waals surface area contributed by atoms with Gasteiger partial charge >= 0.3 is 0 Å². The summed E-state index contributed by atoms with van der Waals surface area (Å²) in [5, 5.41) is 21.5. The summed E-state index contributed by atoms with van der Waals surface area (Å²) < 4.78 is 7.01. The fourth-order valence-electron chi connectivity index (χ4n) is 5.01. The number of amides is 1. The van der Waals surface area contributed by atoms with E-state index in [4.69, 9.17) is 9.72 Å². The molecule has 1 amide bonds. The van der Waals surface area contributed by atoms with Crippen LogP contribution in [0, 0.1) is 10.1 Å². The third-order valence-corrected chi connectivity index (χ3v) is 6.97. The zero-order valence-electron chi connectivity index (χ0n) is 21.2. The van der Waals surface area contributed by atoms with Crippen LogP contribution in [0.2, 0.25) is 0 Å². The number of nitro groups is 1. The topological polar surface area (TPSA) is 119 Å². The molecule has 0 unspecified atom stereocenters. The Morgan fingerprint density at radius 1 is 0.923 bits per heavy atom. The van der Waals surface area contributed by atoms with Crippen LogP contribution in [0.4, 0.5) is 11.6 Å². The van der Waals surface area contributed by atoms with E-state index in [9.17, 15) is 14.9 Å². The summed E-state index contributed by atoms with van der Waals surface area (Å²) in [7, 11) is 1.59. The number of fused-ring (bicyclic) bond motifs is 3. The molecule has 1 fully saturated rings. The summed E-state index contributed by atoms with van der Waals surface area (Å²) in [6.07, 6.45) is 0.723. The summed E-state index contributed by atoms with van der Waals surface area (Å²) >= 11 is 0. The maximum Gasteiger partial charge on any atom is 0.280 e. The maximum atomic E-state index is 13.2. The predicted molar refractivity (Wildman–Crippen MR) is 146 cm³/mol. The molecule has 1 aliphatic rings. The average molecular weight is 524 g/mol. The third-order valence-electron chi connectivity index (χ3n) is 6.97. The summed E-state index contributed by atoms with van der Waals surface area (Å²) in [6.45, 7) is 2.25. The number of nitrogens with zero attached hydrogens (tertiary/aromatic N) is 7. The van der Waals surface area contributed by atoms with Crippen molar-refractivity contribution in [3.63, 3.8) is 0 Å². The molecule has 3 aromatic carbocycles. The van der Waals surface area contributed by atoms with Gasteiger partial charge in [-0.15, -0.1) is 10.2 Å². The highest BCUT2D eigenvalue weighted by atomic mass is 16.6. The van der Waals surface area contributed by atoms with Gasteiger partial charge in [-0.2, -0.15) is 0 Å². The maximum absolute atomic E-state index is 13.2. The van der Waals surface area contributed by atoms with Gasteiger partial charge in [0, 0.05) is 43.2 Å². The monoisotopic (exact) mass is 523 g/mol. The Labute approximate surface area is 223 Å². The smallest absolute Gasteiger partial charge is 0.280 e. The van der Waals surface area contributed by atoms with Crippen molar-refractivity contribution in [2.45, 2.75) is 6.42 Å². The second-order valence-corrected chi connectivity index (χ2v) is 9.25. The zero-order valence-corrected chi connectivity index (χ0v) is 21.2. The standard InChI is InChI=1S/C28H25N7O4/c1-39-20-13-11-19(12-14-20)27(36)32-15-6-16-33(18-17-32)28-29-23-9-4-2-7-21(23)25-30-31-26(34(25)28)22-8-3-5-10-24(22)35(37)38/h2-5,7-14H,6,15-18H2,1H3. The van der Waals surface area contributed by atoms with Crippen molar-refractivity contribution in [1.29, 1.82) is 0 Å². The number of ether oxygens (including phenoxy) is 1. The number of aromatic nitrogens is 4. The molecular formula is C28H25N7O4. The van der Waals surface area contributed by atoms with Crippen LogP contribution in [0.25, 0.3) is 27.9 Å². The zero-order chi connectivity index (χ0) is 26.9. The lowest BCUT2D eigenvalue weighted by molar-refractivity contribution is -0.384. The van der Waals surface area contributed by atoms with E-state index in [-0.39, 0.29) is 11.6 Å². The Bertz CT molecular complexity index is 1700. The Morgan fingerprint density at radius 2 is 1.69 bits per heavy atom. The number of benzene rings is 3. The van der Waals surface area contributed by atoms with Crippen molar-refractivity contribution in [3.05, 3.63) is 88.5 Å². The van der Waals surface area contributed by atoms with Crippen molar-refractivity contribution in [2.24, 2.45) is 0 Å². The van der Waals surface area contributed by atoms with E-state index in [0.717, 1.165) is 17.3 Å². The van der Waals surface area contributed by atoms with Gasteiger partial charge in [-0.1, -0.05) is 24.3 Å². The molecule has 2 aromatic heterocycles. The van der Waals surface area contributed by atoms with E-state index >= 15 is 0 Å². The molecule has 196 valence electrons. The van der Waals surface area contributed by atoms with E-state index in [1.54, 1.807) is 54.0 Å². The Morgan fingerprint density at radius 3 is 2.49 bits per heavy atom. The number of nitro benzene ring substituents is 1. The lowest BCUT2D eigenvalue weighted by Crippen LogP contribution is -2.36. The van der Waals surface area contributed by atoms with Crippen molar-refractivity contribution < 1.29 is 14.5 Å². The van der Waals surface area contributed by atoms with E-state index in [0.29, 0.717) is 60.5 Å². The Kier molecular flexibility index (Phi) is 6.23. The van der Waals surface area contributed by atoms with Gasteiger partial charge in [0.15, 0.2) is 11.5 Å². The van der Waals surface area contributed by atoms with E-state index in [1.165, 1.54) is 6.07 Å².